The lowest BCUT2D eigenvalue weighted by molar-refractivity contribution is 0.0872. The van der Waals surface area contributed by atoms with E-state index in [1.807, 2.05) is 0 Å². The maximum atomic E-state index is 12.9. The number of ether oxygens (including phenoxy) is 3. The number of rotatable bonds is 6. The predicted molar refractivity (Wildman–Crippen MR) is 117 cm³/mol. The van der Waals surface area contributed by atoms with Crippen LogP contribution in [0.25, 0.3) is 0 Å². The number of methoxy groups -OCH3 is 3. The zero-order valence-electron chi connectivity index (χ0n) is 17.7. The molecule has 1 atom stereocenters. The molecular weight excluding hydrogens is 416 g/mol. The molecule has 1 aromatic heterocycles. The molecule has 2 heterocycles. The summed E-state index contributed by atoms with van der Waals surface area (Å²) in [6, 6.07) is 9.12. The predicted octanol–water partition coefficient (Wildman–Crippen LogP) is 3.81. The number of carbonyl (C=O) groups is 1. The van der Waals surface area contributed by atoms with Gasteiger partial charge >= 0.3 is 0 Å². The molecule has 11 heteroatoms. The Morgan fingerprint density at radius 1 is 1.09 bits per heavy atom. The summed E-state index contributed by atoms with van der Waals surface area (Å²) in [5, 5.41) is 25.1. The number of azo groups is 1. The van der Waals surface area contributed by atoms with E-state index in [-0.39, 0.29) is 29.6 Å². The van der Waals surface area contributed by atoms with Crippen LogP contribution in [0.15, 0.2) is 46.6 Å². The van der Waals surface area contributed by atoms with Gasteiger partial charge in [0, 0.05) is 12.1 Å². The van der Waals surface area contributed by atoms with Gasteiger partial charge in [0.15, 0.2) is 17.3 Å². The Kier molecular flexibility index (Phi) is 5.54. The third kappa shape index (κ3) is 3.75. The van der Waals surface area contributed by atoms with Gasteiger partial charge in [0.05, 0.1) is 45.0 Å². The van der Waals surface area contributed by atoms with Crippen LogP contribution in [-0.4, -0.2) is 42.1 Å². The molecule has 1 unspecified atom stereocenters. The van der Waals surface area contributed by atoms with Gasteiger partial charge in [0.1, 0.15) is 23.0 Å². The first kappa shape index (κ1) is 21.0. The highest BCUT2D eigenvalue weighted by Crippen LogP contribution is 2.45. The van der Waals surface area contributed by atoms with Crippen molar-refractivity contribution in [2.45, 2.75) is 12.5 Å². The molecule has 0 aliphatic carbocycles. The summed E-state index contributed by atoms with van der Waals surface area (Å²) in [6.45, 7) is 0. The van der Waals surface area contributed by atoms with Crippen molar-refractivity contribution < 1.29 is 24.1 Å². The molecule has 0 spiro atoms. The molecule has 0 saturated carbocycles. The van der Waals surface area contributed by atoms with Crippen molar-refractivity contribution in [1.29, 1.82) is 0 Å². The Hall–Kier alpha value is -4.28. The molecule has 1 aliphatic rings. The fourth-order valence-corrected chi connectivity index (χ4v) is 3.49. The number of anilines is 2. The topological polar surface area (TPSA) is 146 Å². The number of hydrogen-bond acceptors (Lipinski definition) is 10. The third-order valence-corrected chi connectivity index (χ3v) is 5.03. The van der Waals surface area contributed by atoms with Crippen LogP contribution in [0.2, 0.25) is 0 Å². The van der Waals surface area contributed by atoms with Crippen LogP contribution in [0.5, 0.6) is 23.0 Å². The van der Waals surface area contributed by atoms with Crippen LogP contribution in [0.4, 0.5) is 23.0 Å². The Morgan fingerprint density at radius 2 is 1.75 bits per heavy atom. The first-order chi connectivity index (χ1) is 15.4. The fraction of sp³-hybridized carbons (Fsp3) is 0.238. The van der Waals surface area contributed by atoms with Crippen molar-refractivity contribution in [3.8, 4) is 23.0 Å². The van der Waals surface area contributed by atoms with E-state index in [4.69, 9.17) is 19.9 Å². The van der Waals surface area contributed by atoms with E-state index in [9.17, 15) is 9.90 Å². The third-order valence-electron chi connectivity index (χ3n) is 5.03. The highest BCUT2D eigenvalue weighted by molar-refractivity contribution is 5.91. The molecule has 4 N–H and O–H groups in total. The Morgan fingerprint density at radius 3 is 2.34 bits per heavy atom. The number of phenolic OH excluding ortho intramolecular Hbond substituents is 1. The average molecular weight is 438 g/mol. The summed E-state index contributed by atoms with van der Waals surface area (Å²) < 4.78 is 17.6. The zero-order valence-corrected chi connectivity index (χ0v) is 17.7. The molecule has 0 saturated heterocycles. The van der Waals surface area contributed by atoms with Gasteiger partial charge in [-0.25, -0.2) is 0 Å². The summed E-state index contributed by atoms with van der Waals surface area (Å²) in [5.74, 6) is 1.76. The number of benzene rings is 2. The molecule has 4 rings (SSSR count). The smallest absolute Gasteiger partial charge is 0.251 e. The number of hydrogen-bond donors (Lipinski definition) is 3. The molecule has 0 radical (unpaired) electrons. The quantitative estimate of drug-likeness (QED) is 0.493. The standard InChI is InChI=1S/C21H22N6O5/c1-30-13-8-15(31-2)18(16(9-13)32-3)14-10-17(29)27-21(23-14)19(20(22)26-27)25-24-11-4-6-12(28)7-5-11/h4-9,14,23,28H,10H2,1-3H3,(H2,22,26). The maximum Gasteiger partial charge on any atom is 0.251 e. The van der Waals surface area contributed by atoms with E-state index in [2.05, 4.69) is 20.6 Å². The van der Waals surface area contributed by atoms with Gasteiger partial charge in [-0.1, -0.05) is 0 Å². The summed E-state index contributed by atoms with van der Waals surface area (Å²) in [6.07, 6.45) is 0.0850. The van der Waals surface area contributed by atoms with Crippen molar-refractivity contribution in [1.82, 2.24) is 9.78 Å². The Balaban J connectivity index is 1.74. The Labute approximate surface area is 183 Å². The van der Waals surface area contributed by atoms with Crippen LogP contribution < -0.4 is 25.3 Å². The number of nitrogens with zero attached hydrogens (tertiary/aromatic N) is 4. The first-order valence-electron chi connectivity index (χ1n) is 9.64. The van der Waals surface area contributed by atoms with Crippen LogP contribution in [0.1, 0.15) is 22.8 Å². The van der Waals surface area contributed by atoms with Gasteiger partial charge in [-0.15, -0.1) is 10.2 Å². The van der Waals surface area contributed by atoms with Crippen LogP contribution >= 0.6 is 0 Å². The SMILES string of the molecule is COc1cc(OC)c(C2CC(=O)n3nc(N)c(N=Nc4ccc(O)cc4)c3N2)c(OC)c1. The van der Waals surface area contributed by atoms with Gasteiger partial charge in [-0.05, 0) is 24.3 Å². The van der Waals surface area contributed by atoms with E-state index in [1.165, 1.54) is 31.0 Å². The van der Waals surface area contributed by atoms with E-state index in [1.54, 1.807) is 31.4 Å². The maximum absolute atomic E-state index is 12.9. The van der Waals surface area contributed by atoms with Gasteiger partial charge in [-0.2, -0.15) is 9.80 Å². The summed E-state index contributed by atoms with van der Waals surface area (Å²) in [5.41, 5.74) is 7.40. The van der Waals surface area contributed by atoms with Gasteiger partial charge in [0.2, 0.25) is 0 Å². The van der Waals surface area contributed by atoms with Crippen molar-refractivity contribution in [2.75, 3.05) is 32.4 Å². The van der Waals surface area contributed by atoms with E-state index in [0.717, 1.165) is 0 Å². The summed E-state index contributed by atoms with van der Waals surface area (Å²) >= 11 is 0. The zero-order chi connectivity index (χ0) is 22.8. The normalized spacial score (nSPS) is 15.3. The highest BCUT2D eigenvalue weighted by Gasteiger charge is 2.34. The van der Waals surface area contributed by atoms with E-state index in [0.29, 0.717) is 34.3 Å². The lowest BCUT2D eigenvalue weighted by Gasteiger charge is -2.27. The number of fused-ring (bicyclic) bond motifs is 1. The number of aromatic hydroxyl groups is 1. The van der Waals surface area contributed by atoms with Gasteiger partial charge in [-0.3, -0.25) is 4.79 Å². The lowest BCUT2D eigenvalue weighted by Crippen LogP contribution is -2.29. The molecule has 0 bridgehead atoms. The number of nitrogen functional groups attached to an aromatic ring is 1. The highest BCUT2D eigenvalue weighted by atomic mass is 16.5. The average Bonchev–Trinajstić information content (AvgIpc) is 3.13. The van der Waals surface area contributed by atoms with Gasteiger partial charge in [0.25, 0.3) is 5.91 Å². The second-order valence-corrected chi connectivity index (χ2v) is 6.95. The van der Waals surface area contributed by atoms with Crippen molar-refractivity contribution >= 4 is 28.9 Å². The monoisotopic (exact) mass is 438 g/mol. The molecule has 0 amide bonds. The van der Waals surface area contributed by atoms with Crippen molar-refractivity contribution in [2.24, 2.45) is 10.2 Å². The van der Waals surface area contributed by atoms with Crippen LogP contribution in [0.3, 0.4) is 0 Å². The minimum atomic E-state index is -0.496. The number of phenols is 1. The van der Waals surface area contributed by atoms with Crippen molar-refractivity contribution in [3.05, 3.63) is 42.0 Å². The van der Waals surface area contributed by atoms with Gasteiger partial charge < -0.3 is 30.4 Å². The lowest BCUT2D eigenvalue weighted by atomic mass is 9.99. The molecule has 166 valence electrons. The number of nitrogens with one attached hydrogen (secondary N) is 1. The largest absolute Gasteiger partial charge is 0.508 e. The minimum Gasteiger partial charge on any atom is -0.508 e. The first-order valence-corrected chi connectivity index (χ1v) is 9.64. The molecule has 32 heavy (non-hydrogen) atoms. The van der Waals surface area contributed by atoms with E-state index < -0.39 is 6.04 Å². The Bertz CT molecular complexity index is 1160. The number of nitrogens with two attached hydrogens (primary N) is 1. The molecule has 2 aromatic carbocycles. The summed E-state index contributed by atoms with van der Waals surface area (Å²) in [7, 11) is 4.60. The molecular formula is C21H22N6O5. The molecule has 1 aliphatic heterocycles. The molecule has 3 aromatic rings. The molecule has 0 fully saturated rings. The summed E-state index contributed by atoms with van der Waals surface area (Å²) in [4.78, 5) is 12.9. The number of aromatic nitrogens is 2. The minimum absolute atomic E-state index is 0.0534. The van der Waals surface area contributed by atoms with Crippen molar-refractivity contribution in [3.63, 3.8) is 0 Å². The number of carbonyl (C=O) groups excluding carboxylic acids is 1. The van der Waals surface area contributed by atoms with Crippen LogP contribution in [0, 0.1) is 0 Å². The van der Waals surface area contributed by atoms with Crippen LogP contribution in [-0.2, 0) is 0 Å². The molecule has 11 nitrogen and oxygen atoms in total. The fourth-order valence-electron chi connectivity index (χ4n) is 3.49. The second kappa shape index (κ2) is 8.46. The van der Waals surface area contributed by atoms with E-state index >= 15 is 0 Å². The second-order valence-electron chi connectivity index (χ2n) is 6.95.